The number of carboxylic acid groups (broad SMARTS) is 1. The van der Waals surface area contributed by atoms with Crippen molar-refractivity contribution in [1.82, 2.24) is 0 Å². The molecule has 0 spiro atoms. The summed E-state index contributed by atoms with van der Waals surface area (Å²) in [5.41, 5.74) is 0. The van der Waals surface area contributed by atoms with Gasteiger partial charge in [-0.2, -0.15) is 0 Å². The van der Waals surface area contributed by atoms with Crippen LogP contribution >= 0.6 is 0 Å². The molecule has 76 valence electrons. The van der Waals surface area contributed by atoms with Gasteiger partial charge in [-0.05, 0) is 25.2 Å². The molecule has 1 saturated carbocycles. The number of aliphatic carboxylic acids is 1. The van der Waals surface area contributed by atoms with Crippen LogP contribution in [-0.2, 0) is 4.79 Å². The fourth-order valence-electron chi connectivity index (χ4n) is 2.39. The Morgan fingerprint density at radius 2 is 1.93 bits per heavy atom. The molecule has 0 saturated heterocycles. The van der Waals surface area contributed by atoms with Gasteiger partial charge in [0.1, 0.15) is 0 Å². The van der Waals surface area contributed by atoms with Gasteiger partial charge >= 0.3 is 29.6 Å². The maximum absolute atomic E-state index is 10.9. The minimum Gasteiger partial charge on any atom is -0.550 e. The molecule has 0 aromatic carbocycles. The Morgan fingerprint density at radius 3 is 2.36 bits per heavy atom. The van der Waals surface area contributed by atoms with Crippen LogP contribution in [0.1, 0.15) is 51.9 Å². The zero-order valence-corrected chi connectivity index (χ0v) is 11.4. The van der Waals surface area contributed by atoms with Gasteiger partial charge < -0.3 is 9.90 Å². The first-order valence-electron chi connectivity index (χ1n) is 5.46. The minimum atomic E-state index is -0.825. The molecule has 0 N–H and O–H groups in total. The summed E-state index contributed by atoms with van der Waals surface area (Å²) in [5, 5.41) is 10.9. The number of hydrogen-bond donors (Lipinski definition) is 0. The smallest absolute Gasteiger partial charge is 0.550 e. The van der Waals surface area contributed by atoms with Crippen LogP contribution in [-0.4, -0.2) is 5.97 Å². The van der Waals surface area contributed by atoms with Gasteiger partial charge in [-0.15, -0.1) is 0 Å². The van der Waals surface area contributed by atoms with E-state index in [9.17, 15) is 9.90 Å². The van der Waals surface area contributed by atoms with Crippen molar-refractivity contribution in [2.24, 2.45) is 11.8 Å². The summed E-state index contributed by atoms with van der Waals surface area (Å²) < 4.78 is 0. The molecular formula is C11H19NaO2. The Balaban J connectivity index is 0.00000169. The topological polar surface area (TPSA) is 40.1 Å². The standard InChI is InChI=1S/C11H20O2.Na/c1-2-6-10(11(12)13)9-7-4-3-5-8-9;/h9-10H,2-8H2,1H3,(H,12,13);/q;+1/p-1. The first kappa shape index (κ1) is 14.5. The quantitative estimate of drug-likeness (QED) is 0.538. The van der Waals surface area contributed by atoms with E-state index in [1.54, 1.807) is 0 Å². The van der Waals surface area contributed by atoms with Gasteiger partial charge in [0.15, 0.2) is 0 Å². The molecule has 1 rings (SSSR count). The summed E-state index contributed by atoms with van der Waals surface area (Å²) in [7, 11) is 0. The number of hydrogen-bond acceptors (Lipinski definition) is 2. The van der Waals surface area contributed by atoms with E-state index in [0.29, 0.717) is 5.92 Å². The molecule has 0 bridgehead atoms. The monoisotopic (exact) mass is 206 g/mol. The summed E-state index contributed by atoms with van der Waals surface area (Å²) in [6, 6.07) is 0. The third kappa shape index (κ3) is 4.33. The average Bonchev–Trinajstić information content (AvgIpc) is 2.15. The second-order valence-corrected chi connectivity index (χ2v) is 4.11. The van der Waals surface area contributed by atoms with Crippen molar-refractivity contribution in [3.05, 3.63) is 0 Å². The maximum Gasteiger partial charge on any atom is 1.00 e. The molecule has 1 fully saturated rings. The summed E-state index contributed by atoms with van der Waals surface area (Å²) in [4.78, 5) is 10.9. The molecule has 1 aliphatic carbocycles. The Morgan fingerprint density at radius 1 is 1.36 bits per heavy atom. The van der Waals surface area contributed by atoms with Crippen molar-refractivity contribution in [2.75, 3.05) is 0 Å². The molecular weight excluding hydrogens is 187 g/mol. The van der Waals surface area contributed by atoms with Gasteiger partial charge in [0, 0.05) is 11.9 Å². The van der Waals surface area contributed by atoms with Crippen molar-refractivity contribution in [1.29, 1.82) is 0 Å². The van der Waals surface area contributed by atoms with E-state index in [0.717, 1.165) is 25.7 Å². The number of carbonyl (C=O) groups is 1. The van der Waals surface area contributed by atoms with Crippen LogP contribution in [0.25, 0.3) is 0 Å². The Labute approximate surface area is 109 Å². The second kappa shape index (κ2) is 7.72. The third-order valence-electron chi connectivity index (χ3n) is 3.12. The zero-order chi connectivity index (χ0) is 9.68. The summed E-state index contributed by atoms with van der Waals surface area (Å²) in [6.45, 7) is 2.04. The minimum absolute atomic E-state index is 0. The second-order valence-electron chi connectivity index (χ2n) is 4.11. The van der Waals surface area contributed by atoms with Gasteiger partial charge in [0.25, 0.3) is 0 Å². The molecule has 2 nitrogen and oxygen atoms in total. The van der Waals surface area contributed by atoms with Crippen LogP contribution < -0.4 is 34.7 Å². The van der Waals surface area contributed by atoms with E-state index in [4.69, 9.17) is 0 Å². The van der Waals surface area contributed by atoms with Crippen molar-refractivity contribution in [3.8, 4) is 0 Å². The van der Waals surface area contributed by atoms with E-state index in [1.165, 1.54) is 19.3 Å². The predicted molar refractivity (Wildman–Crippen MR) is 50.0 cm³/mol. The molecule has 1 atom stereocenters. The maximum atomic E-state index is 10.9. The van der Waals surface area contributed by atoms with E-state index < -0.39 is 5.97 Å². The summed E-state index contributed by atoms with van der Waals surface area (Å²) in [6.07, 6.45) is 7.64. The normalized spacial score (nSPS) is 19.8. The first-order chi connectivity index (χ1) is 6.25. The van der Waals surface area contributed by atoms with E-state index in [-0.39, 0.29) is 35.5 Å². The average molecular weight is 206 g/mol. The Bertz CT molecular complexity index is 165. The van der Waals surface area contributed by atoms with Crippen LogP contribution in [0.15, 0.2) is 0 Å². The molecule has 3 heteroatoms. The van der Waals surface area contributed by atoms with Crippen LogP contribution in [0, 0.1) is 11.8 Å². The van der Waals surface area contributed by atoms with E-state index in [1.807, 2.05) is 6.92 Å². The first-order valence-corrected chi connectivity index (χ1v) is 5.46. The summed E-state index contributed by atoms with van der Waals surface area (Å²) in [5.74, 6) is -0.599. The largest absolute Gasteiger partial charge is 1.00 e. The van der Waals surface area contributed by atoms with Crippen molar-refractivity contribution < 1.29 is 39.5 Å². The number of carbonyl (C=O) groups excluding carboxylic acids is 1. The zero-order valence-electron chi connectivity index (χ0n) is 9.42. The van der Waals surface area contributed by atoms with Crippen LogP contribution in [0.4, 0.5) is 0 Å². The van der Waals surface area contributed by atoms with Crippen LogP contribution in [0.2, 0.25) is 0 Å². The van der Waals surface area contributed by atoms with Crippen molar-refractivity contribution in [3.63, 3.8) is 0 Å². The molecule has 0 heterocycles. The molecule has 0 aromatic heterocycles. The van der Waals surface area contributed by atoms with Crippen LogP contribution in [0.5, 0.6) is 0 Å². The SMILES string of the molecule is CCCC(C(=O)[O-])C1CCCCC1.[Na+]. The van der Waals surface area contributed by atoms with Gasteiger partial charge in [0.2, 0.25) is 0 Å². The van der Waals surface area contributed by atoms with Crippen molar-refractivity contribution >= 4 is 5.97 Å². The molecule has 0 amide bonds. The molecule has 1 unspecified atom stereocenters. The van der Waals surface area contributed by atoms with Gasteiger partial charge in [-0.25, -0.2) is 0 Å². The molecule has 0 aliphatic heterocycles. The fraction of sp³-hybridized carbons (Fsp3) is 0.909. The fourth-order valence-corrected chi connectivity index (χ4v) is 2.39. The Kier molecular flexibility index (Phi) is 7.98. The van der Waals surface area contributed by atoms with Crippen LogP contribution in [0.3, 0.4) is 0 Å². The molecule has 0 aromatic rings. The third-order valence-corrected chi connectivity index (χ3v) is 3.12. The number of rotatable bonds is 4. The predicted octanol–water partition coefficient (Wildman–Crippen LogP) is -1.26. The number of carboxylic acids is 1. The summed E-state index contributed by atoms with van der Waals surface area (Å²) >= 11 is 0. The molecule has 0 radical (unpaired) electrons. The van der Waals surface area contributed by atoms with Crippen molar-refractivity contribution in [2.45, 2.75) is 51.9 Å². The van der Waals surface area contributed by atoms with Gasteiger partial charge in [0.05, 0.1) is 0 Å². The Hall–Kier alpha value is 0.470. The van der Waals surface area contributed by atoms with Gasteiger partial charge in [-0.1, -0.05) is 32.6 Å². The van der Waals surface area contributed by atoms with E-state index >= 15 is 0 Å². The molecule has 1 aliphatic rings. The van der Waals surface area contributed by atoms with Gasteiger partial charge in [-0.3, -0.25) is 0 Å². The van der Waals surface area contributed by atoms with E-state index in [2.05, 4.69) is 0 Å². The molecule has 14 heavy (non-hydrogen) atoms.